The fourth-order valence-corrected chi connectivity index (χ4v) is 12.0. The van der Waals surface area contributed by atoms with Gasteiger partial charge in [-0.3, -0.25) is 4.79 Å². The van der Waals surface area contributed by atoms with Crippen molar-refractivity contribution >= 4 is 5.97 Å². The van der Waals surface area contributed by atoms with Crippen LogP contribution in [0.3, 0.4) is 0 Å². The molecule has 1 saturated heterocycles. The first kappa shape index (κ1) is 30.8. The van der Waals surface area contributed by atoms with Crippen LogP contribution in [0.4, 0.5) is 0 Å². The van der Waals surface area contributed by atoms with Crippen molar-refractivity contribution in [1.29, 1.82) is 0 Å². The fourth-order valence-electron chi connectivity index (χ4n) is 12.0. The maximum atomic E-state index is 12.9. The first-order valence-corrected chi connectivity index (χ1v) is 16.7. The number of carbonyl (C=O) groups is 1. The van der Waals surface area contributed by atoms with Crippen molar-refractivity contribution < 1.29 is 19.4 Å². The van der Waals surface area contributed by atoms with Gasteiger partial charge < -0.3 is 20.3 Å². The Hall–Kier alpha value is -0.650. The van der Waals surface area contributed by atoms with Gasteiger partial charge in [0.15, 0.2) is 0 Å². The van der Waals surface area contributed by atoms with Crippen molar-refractivity contribution in [3.05, 3.63) is 0 Å². The van der Waals surface area contributed by atoms with Crippen molar-refractivity contribution in [3.8, 4) is 0 Å². The summed E-state index contributed by atoms with van der Waals surface area (Å²) in [4.78, 5) is 12.9. The van der Waals surface area contributed by atoms with Gasteiger partial charge in [-0.15, -0.1) is 0 Å². The molecular weight excluding hydrogens is 498 g/mol. The summed E-state index contributed by atoms with van der Waals surface area (Å²) in [6, 6.07) is -0.569. The lowest BCUT2D eigenvalue weighted by molar-refractivity contribution is -0.259. The minimum absolute atomic E-state index is 0.0693. The average molecular weight is 560 g/mol. The number of ether oxygens (including phenoxy) is 2. The van der Waals surface area contributed by atoms with E-state index in [1.807, 2.05) is 13.8 Å². The molecule has 11 atom stereocenters. The predicted molar refractivity (Wildman–Crippen MR) is 161 cm³/mol. The van der Waals surface area contributed by atoms with E-state index in [1.165, 1.54) is 19.3 Å². The maximum absolute atomic E-state index is 12.9. The van der Waals surface area contributed by atoms with Gasteiger partial charge in [0.25, 0.3) is 0 Å². The van der Waals surface area contributed by atoms with Crippen molar-refractivity contribution in [1.82, 2.24) is 0 Å². The van der Waals surface area contributed by atoms with Crippen molar-refractivity contribution in [3.63, 3.8) is 0 Å². The van der Waals surface area contributed by atoms with Crippen LogP contribution in [-0.4, -0.2) is 40.5 Å². The zero-order valence-corrected chi connectivity index (χ0v) is 27.4. The molecular formula is C35H61NO4. The highest BCUT2D eigenvalue weighted by atomic mass is 16.5. The van der Waals surface area contributed by atoms with Gasteiger partial charge in [0.05, 0.1) is 17.3 Å². The van der Waals surface area contributed by atoms with Crippen LogP contribution >= 0.6 is 0 Å². The largest absolute Gasteiger partial charge is 0.461 e. The number of rotatable bonds is 4. The Bertz CT molecular complexity index is 992. The molecule has 0 radical (unpaired) electrons. The van der Waals surface area contributed by atoms with Crippen molar-refractivity contribution in [2.45, 2.75) is 163 Å². The zero-order valence-electron chi connectivity index (χ0n) is 27.4. The highest BCUT2D eigenvalue weighted by Gasteiger charge is 2.72. The SMILES string of the molecule is CC(C)C(N)C(=O)O[C@H]1CC[C@@]2(C)C(CC[C@]3(C)C2C[C@@H](O)C2C([C@@]4(C)CCCC(C)(C)O4)CC[C@]23C)C1(C)C. The van der Waals surface area contributed by atoms with Gasteiger partial charge in [-0.25, -0.2) is 0 Å². The summed E-state index contributed by atoms with van der Waals surface area (Å²) in [5.41, 5.74) is 6.20. The molecule has 0 spiro atoms. The van der Waals surface area contributed by atoms with Crippen LogP contribution in [0, 0.1) is 51.2 Å². The molecule has 3 N–H and O–H groups in total. The lowest BCUT2D eigenvalue weighted by Gasteiger charge is -2.70. The van der Waals surface area contributed by atoms with Gasteiger partial charge in [0.1, 0.15) is 12.1 Å². The Balaban J connectivity index is 1.42. The third-order valence-corrected chi connectivity index (χ3v) is 14.3. The Morgan fingerprint density at radius 3 is 2.15 bits per heavy atom. The summed E-state index contributed by atoms with van der Waals surface area (Å²) in [5, 5.41) is 12.1. The molecule has 1 aliphatic heterocycles. The van der Waals surface area contributed by atoms with Crippen molar-refractivity contribution in [2.24, 2.45) is 57.0 Å². The standard InChI is InChI=1S/C35H61NO4/c1-21(2)28(36)29(38)39-26-14-17-32(7)24(31(26,5)6)13-19-33(8)25(32)20-23(37)27-22(12-18-34(27,33)9)35(10)16-11-15-30(3,4)40-35/h21-28,37H,11-20,36H2,1-10H3/t22?,23-,24?,25?,26+,27?,28?,32+,33-,34-,35-/m1/s1. The Kier molecular flexibility index (Phi) is 7.45. The topological polar surface area (TPSA) is 81.8 Å². The number of aliphatic hydroxyl groups excluding tert-OH is 1. The van der Waals surface area contributed by atoms with E-state index in [1.54, 1.807) is 0 Å². The summed E-state index contributed by atoms with van der Waals surface area (Å²) in [6.07, 6.45) is 10.5. The minimum Gasteiger partial charge on any atom is -0.461 e. The molecule has 0 amide bonds. The van der Waals surface area contributed by atoms with Crippen LogP contribution < -0.4 is 5.73 Å². The minimum atomic E-state index is -0.569. The lowest BCUT2D eigenvalue weighted by atomic mass is 9.35. The second kappa shape index (κ2) is 9.68. The Labute approximate surface area is 245 Å². The van der Waals surface area contributed by atoms with Gasteiger partial charge in [0, 0.05) is 5.41 Å². The van der Waals surface area contributed by atoms with Crippen LogP contribution in [0.5, 0.6) is 0 Å². The van der Waals surface area contributed by atoms with Crippen LogP contribution in [0.15, 0.2) is 0 Å². The number of carbonyl (C=O) groups excluding carboxylic acids is 1. The third-order valence-electron chi connectivity index (χ3n) is 14.3. The molecule has 0 aromatic carbocycles. The van der Waals surface area contributed by atoms with Gasteiger partial charge >= 0.3 is 5.97 Å². The van der Waals surface area contributed by atoms with E-state index in [0.29, 0.717) is 17.8 Å². The molecule has 5 heteroatoms. The van der Waals surface area contributed by atoms with Crippen LogP contribution in [0.2, 0.25) is 0 Å². The van der Waals surface area contributed by atoms with E-state index in [4.69, 9.17) is 15.2 Å². The molecule has 5 nitrogen and oxygen atoms in total. The highest BCUT2D eigenvalue weighted by molar-refractivity contribution is 5.76. The summed E-state index contributed by atoms with van der Waals surface area (Å²) in [7, 11) is 0. The summed E-state index contributed by atoms with van der Waals surface area (Å²) in [5.74, 6) is 1.42. The van der Waals surface area contributed by atoms with Crippen LogP contribution in [0.25, 0.3) is 0 Å². The molecule has 5 fully saturated rings. The van der Waals surface area contributed by atoms with Gasteiger partial charge in [0.2, 0.25) is 0 Å². The molecule has 4 saturated carbocycles. The lowest BCUT2D eigenvalue weighted by Crippen LogP contribution is -2.67. The summed E-state index contributed by atoms with van der Waals surface area (Å²) >= 11 is 0. The van der Waals surface area contributed by atoms with E-state index in [2.05, 4.69) is 55.4 Å². The Morgan fingerprint density at radius 2 is 1.52 bits per heavy atom. The van der Waals surface area contributed by atoms with Crippen molar-refractivity contribution in [2.75, 3.05) is 0 Å². The van der Waals surface area contributed by atoms with E-state index >= 15 is 0 Å². The number of nitrogens with two attached hydrogens (primary N) is 1. The quantitative estimate of drug-likeness (QED) is 0.354. The monoisotopic (exact) mass is 559 g/mol. The van der Waals surface area contributed by atoms with Crippen LogP contribution in [0.1, 0.15) is 133 Å². The summed E-state index contributed by atoms with van der Waals surface area (Å²) < 4.78 is 13.1. The number of aliphatic hydroxyl groups is 1. The molecule has 230 valence electrons. The first-order chi connectivity index (χ1) is 18.3. The third kappa shape index (κ3) is 4.36. The van der Waals surface area contributed by atoms with Gasteiger partial charge in [-0.05, 0) is 131 Å². The first-order valence-electron chi connectivity index (χ1n) is 16.7. The normalized spacial score (nSPS) is 50.4. The van der Waals surface area contributed by atoms with Gasteiger partial charge in [-0.2, -0.15) is 0 Å². The van der Waals surface area contributed by atoms with Crippen LogP contribution in [-0.2, 0) is 14.3 Å². The molecule has 0 aromatic heterocycles. The summed E-state index contributed by atoms with van der Waals surface area (Å²) in [6.45, 7) is 23.1. The molecule has 5 rings (SSSR count). The number of esters is 1. The van der Waals surface area contributed by atoms with E-state index in [0.717, 1.165) is 44.9 Å². The van der Waals surface area contributed by atoms with E-state index in [9.17, 15) is 9.90 Å². The Morgan fingerprint density at radius 1 is 0.875 bits per heavy atom. The molecule has 40 heavy (non-hydrogen) atoms. The second-order valence-corrected chi connectivity index (χ2v) is 17.5. The van der Waals surface area contributed by atoms with E-state index in [-0.39, 0.29) is 62.9 Å². The van der Waals surface area contributed by atoms with Gasteiger partial charge in [-0.1, -0.05) is 48.5 Å². The number of fused-ring (bicyclic) bond motifs is 5. The number of hydrogen-bond donors (Lipinski definition) is 2. The molecule has 4 aliphatic carbocycles. The predicted octanol–water partition coefficient (Wildman–Crippen LogP) is 7.28. The number of hydrogen-bond acceptors (Lipinski definition) is 5. The molecule has 1 heterocycles. The fraction of sp³-hybridized carbons (Fsp3) is 0.971. The molecule has 0 bridgehead atoms. The molecule has 0 aromatic rings. The van der Waals surface area contributed by atoms with E-state index < -0.39 is 6.04 Å². The average Bonchev–Trinajstić information content (AvgIpc) is 3.22. The highest BCUT2D eigenvalue weighted by Crippen LogP contribution is 2.76. The maximum Gasteiger partial charge on any atom is 0.323 e. The molecule has 5 unspecified atom stereocenters. The zero-order chi connectivity index (χ0) is 29.7. The molecule has 5 aliphatic rings. The smallest absolute Gasteiger partial charge is 0.323 e. The second-order valence-electron chi connectivity index (χ2n) is 17.5.